The highest BCUT2D eigenvalue weighted by atomic mass is 32.2. The van der Waals surface area contributed by atoms with Gasteiger partial charge in [0.15, 0.2) is 0 Å². The van der Waals surface area contributed by atoms with Gasteiger partial charge in [0, 0.05) is 43.6 Å². The maximum Gasteiger partial charge on any atom is 0.255 e. The molecule has 134 valence electrons. The molecule has 0 bridgehead atoms. The van der Waals surface area contributed by atoms with Crippen LogP contribution in [0.1, 0.15) is 54.0 Å². The number of aromatic nitrogens is 1. The summed E-state index contributed by atoms with van der Waals surface area (Å²) in [6.07, 6.45) is 3.07. The Morgan fingerprint density at radius 1 is 1.17 bits per heavy atom. The summed E-state index contributed by atoms with van der Waals surface area (Å²) in [6.45, 7) is 7.71. The van der Waals surface area contributed by atoms with E-state index in [4.69, 9.17) is 0 Å². The van der Waals surface area contributed by atoms with E-state index in [1.54, 1.807) is 6.92 Å². The van der Waals surface area contributed by atoms with E-state index >= 15 is 0 Å². The second kappa shape index (κ2) is 6.52. The zero-order chi connectivity index (χ0) is 17.5. The Morgan fingerprint density at radius 2 is 1.88 bits per heavy atom. The van der Waals surface area contributed by atoms with Crippen molar-refractivity contribution in [3.05, 3.63) is 23.0 Å². The Balaban J connectivity index is 1.75. The third-order valence-electron chi connectivity index (χ3n) is 5.13. The number of carbonyl (C=O) groups is 1. The summed E-state index contributed by atoms with van der Waals surface area (Å²) in [6, 6.07) is 2.54. The summed E-state index contributed by atoms with van der Waals surface area (Å²) in [7, 11) is -3.18. The smallest absolute Gasteiger partial charge is 0.255 e. The SMILES string of the molecule is CCS(=O)(=O)N1CCCN(C(=O)c2cc(C)n(C3CC3)c2C)CC1. The van der Waals surface area contributed by atoms with Crippen LogP contribution in [0.3, 0.4) is 0 Å². The van der Waals surface area contributed by atoms with Crippen LogP contribution in [0.25, 0.3) is 0 Å². The molecule has 1 aromatic heterocycles. The predicted molar refractivity (Wildman–Crippen MR) is 93.7 cm³/mol. The first kappa shape index (κ1) is 17.5. The molecule has 1 saturated heterocycles. The maximum atomic E-state index is 13.0. The zero-order valence-electron chi connectivity index (χ0n) is 14.8. The van der Waals surface area contributed by atoms with Gasteiger partial charge in [0.2, 0.25) is 10.0 Å². The molecule has 0 aromatic carbocycles. The van der Waals surface area contributed by atoms with E-state index in [1.165, 1.54) is 17.1 Å². The fourth-order valence-corrected chi connectivity index (χ4v) is 4.75. The normalized spacial score (nSPS) is 20.2. The van der Waals surface area contributed by atoms with E-state index in [9.17, 15) is 13.2 Å². The lowest BCUT2D eigenvalue weighted by atomic mass is 10.2. The predicted octanol–water partition coefficient (Wildman–Crippen LogP) is 1.94. The number of aryl methyl sites for hydroxylation is 1. The van der Waals surface area contributed by atoms with Crippen molar-refractivity contribution in [2.24, 2.45) is 0 Å². The minimum atomic E-state index is -3.18. The fraction of sp³-hybridized carbons (Fsp3) is 0.706. The average molecular weight is 353 g/mol. The van der Waals surface area contributed by atoms with E-state index in [0.29, 0.717) is 38.6 Å². The molecule has 0 spiro atoms. The molecule has 7 heteroatoms. The molecule has 1 amide bonds. The monoisotopic (exact) mass is 353 g/mol. The van der Waals surface area contributed by atoms with Gasteiger partial charge in [-0.15, -0.1) is 0 Å². The molecule has 1 aliphatic carbocycles. The number of amides is 1. The number of nitrogens with zero attached hydrogens (tertiary/aromatic N) is 3. The van der Waals surface area contributed by atoms with Gasteiger partial charge in [-0.25, -0.2) is 12.7 Å². The third-order valence-corrected chi connectivity index (χ3v) is 7.01. The lowest BCUT2D eigenvalue weighted by Crippen LogP contribution is -2.38. The van der Waals surface area contributed by atoms with Gasteiger partial charge < -0.3 is 9.47 Å². The molecule has 1 aromatic rings. The summed E-state index contributed by atoms with van der Waals surface area (Å²) in [5.74, 6) is 0.148. The molecule has 3 rings (SSSR count). The van der Waals surface area contributed by atoms with Crippen LogP contribution in [0.15, 0.2) is 6.07 Å². The summed E-state index contributed by atoms with van der Waals surface area (Å²) in [5, 5.41) is 0. The molecule has 6 nitrogen and oxygen atoms in total. The first-order valence-corrected chi connectivity index (χ1v) is 10.4. The zero-order valence-corrected chi connectivity index (χ0v) is 15.6. The van der Waals surface area contributed by atoms with Gasteiger partial charge in [-0.2, -0.15) is 0 Å². The van der Waals surface area contributed by atoms with E-state index in [2.05, 4.69) is 11.5 Å². The highest BCUT2D eigenvalue weighted by Crippen LogP contribution is 2.38. The van der Waals surface area contributed by atoms with E-state index in [1.807, 2.05) is 17.9 Å². The minimum Gasteiger partial charge on any atom is -0.345 e. The summed E-state index contributed by atoms with van der Waals surface area (Å²) < 4.78 is 27.9. The second-order valence-corrected chi connectivity index (χ2v) is 9.09. The molecule has 2 fully saturated rings. The molecule has 2 aliphatic rings. The lowest BCUT2D eigenvalue weighted by molar-refractivity contribution is 0.0763. The van der Waals surface area contributed by atoms with Crippen LogP contribution < -0.4 is 0 Å². The second-order valence-electron chi connectivity index (χ2n) is 6.83. The molecular formula is C17H27N3O3S. The van der Waals surface area contributed by atoms with Gasteiger partial charge >= 0.3 is 0 Å². The van der Waals surface area contributed by atoms with Gasteiger partial charge in [-0.1, -0.05) is 0 Å². The molecule has 24 heavy (non-hydrogen) atoms. The van der Waals surface area contributed by atoms with E-state index in [-0.39, 0.29) is 11.7 Å². The quantitative estimate of drug-likeness (QED) is 0.831. The van der Waals surface area contributed by atoms with Crippen LogP contribution in [0.5, 0.6) is 0 Å². The van der Waals surface area contributed by atoms with Crippen molar-refractivity contribution in [2.45, 2.75) is 46.1 Å². The highest BCUT2D eigenvalue weighted by molar-refractivity contribution is 7.89. The lowest BCUT2D eigenvalue weighted by Gasteiger charge is -2.21. The van der Waals surface area contributed by atoms with Crippen molar-refractivity contribution in [2.75, 3.05) is 31.9 Å². The van der Waals surface area contributed by atoms with Crippen LogP contribution >= 0.6 is 0 Å². The molecule has 1 saturated carbocycles. The van der Waals surface area contributed by atoms with E-state index < -0.39 is 10.0 Å². The van der Waals surface area contributed by atoms with Crippen LogP contribution in [0.2, 0.25) is 0 Å². The van der Waals surface area contributed by atoms with Crippen LogP contribution in [0.4, 0.5) is 0 Å². The van der Waals surface area contributed by atoms with Gasteiger partial charge in [0.05, 0.1) is 11.3 Å². The van der Waals surface area contributed by atoms with Crippen molar-refractivity contribution < 1.29 is 13.2 Å². The Bertz CT molecular complexity index is 735. The summed E-state index contributed by atoms with van der Waals surface area (Å²) in [4.78, 5) is 14.8. The molecule has 0 radical (unpaired) electrons. The van der Waals surface area contributed by atoms with Crippen LogP contribution in [-0.4, -0.2) is 60.0 Å². The molecule has 2 heterocycles. The third kappa shape index (κ3) is 3.24. The number of hydrogen-bond donors (Lipinski definition) is 0. The molecule has 0 atom stereocenters. The topological polar surface area (TPSA) is 62.6 Å². The number of rotatable bonds is 4. The van der Waals surface area contributed by atoms with Crippen molar-refractivity contribution in [3.63, 3.8) is 0 Å². The van der Waals surface area contributed by atoms with Crippen molar-refractivity contribution in [1.29, 1.82) is 0 Å². The Hall–Kier alpha value is -1.34. The minimum absolute atomic E-state index is 0.0331. The van der Waals surface area contributed by atoms with Crippen LogP contribution in [-0.2, 0) is 10.0 Å². The largest absolute Gasteiger partial charge is 0.345 e. The van der Waals surface area contributed by atoms with Gasteiger partial charge in [-0.3, -0.25) is 4.79 Å². The van der Waals surface area contributed by atoms with E-state index in [0.717, 1.165) is 17.0 Å². The first-order chi connectivity index (χ1) is 11.3. The Kier molecular flexibility index (Phi) is 4.75. The Morgan fingerprint density at radius 3 is 2.50 bits per heavy atom. The van der Waals surface area contributed by atoms with Crippen molar-refractivity contribution >= 4 is 15.9 Å². The number of hydrogen-bond acceptors (Lipinski definition) is 3. The van der Waals surface area contributed by atoms with Gasteiger partial charge in [-0.05, 0) is 46.1 Å². The van der Waals surface area contributed by atoms with Gasteiger partial charge in [0.25, 0.3) is 5.91 Å². The molecular weight excluding hydrogens is 326 g/mol. The Labute approximate surface area is 144 Å². The average Bonchev–Trinajstić information content (AvgIpc) is 3.35. The standard InChI is InChI=1S/C17H27N3O3S/c1-4-24(22,23)19-9-5-8-18(10-11-19)17(21)16-12-13(2)20(14(16)3)15-6-7-15/h12,15H,4-11H2,1-3H3. The highest BCUT2D eigenvalue weighted by Gasteiger charge is 2.31. The number of carbonyl (C=O) groups excluding carboxylic acids is 1. The molecule has 0 N–H and O–H groups in total. The van der Waals surface area contributed by atoms with Crippen LogP contribution in [0, 0.1) is 13.8 Å². The number of sulfonamides is 1. The first-order valence-electron chi connectivity index (χ1n) is 8.80. The molecule has 0 unspecified atom stereocenters. The maximum absolute atomic E-state index is 13.0. The van der Waals surface area contributed by atoms with Crippen molar-refractivity contribution in [1.82, 2.24) is 13.8 Å². The molecule has 1 aliphatic heterocycles. The van der Waals surface area contributed by atoms with Crippen molar-refractivity contribution in [3.8, 4) is 0 Å². The summed E-state index contributed by atoms with van der Waals surface area (Å²) in [5.41, 5.74) is 2.96. The summed E-state index contributed by atoms with van der Waals surface area (Å²) >= 11 is 0. The fourth-order valence-electron chi connectivity index (χ4n) is 3.62. The van der Waals surface area contributed by atoms with Gasteiger partial charge in [0.1, 0.15) is 0 Å².